The van der Waals surface area contributed by atoms with Gasteiger partial charge in [-0.05, 0) is 62.6 Å². The van der Waals surface area contributed by atoms with Gasteiger partial charge in [-0.15, -0.1) is 0 Å². The minimum atomic E-state index is -3.44. The van der Waals surface area contributed by atoms with Gasteiger partial charge in [0.1, 0.15) is 0 Å². The molecule has 1 N–H and O–H groups in total. The summed E-state index contributed by atoms with van der Waals surface area (Å²) in [5.74, 6) is 0.219. The Morgan fingerprint density at radius 2 is 1.93 bits per heavy atom. The molecule has 1 fully saturated rings. The SMILES string of the molecule is CC(C)COCCCS(=O)(=O)N[C@H](C)c1ccc(F)c(OC2CCCC2)c1. The topological polar surface area (TPSA) is 64.6 Å². The summed E-state index contributed by atoms with van der Waals surface area (Å²) in [7, 11) is -3.44. The summed E-state index contributed by atoms with van der Waals surface area (Å²) in [5, 5.41) is 0. The lowest BCUT2D eigenvalue weighted by Crippen LogP contribution is -2.29. The predicted octanol–water partition coefficient (Wildman–Crippen LogP) is 4.19. The van der Waals surface area contributed by atoms with Gasteiger partial charge >= 0.3 is 0 Å². The molecule has 7 heteroatoms. The highest BCUT2D eigenvalue weighted by molar-refractivity contribution is 7.89. The minimum absolute atomic E-state index is 0.00204. The summed E-state index contributed by atoms with van der Waals surface area (Å²) in [6.07, 6.45) is 4.56. The maximum Gasteiger partial charge on any atom is 0.212 e. The van der Waals surface area contributed by atoms with Crippen LogP contribution in [0.4, 0.5) is 4.39 Å². The van der Waals surface area contributed by atoms with Crippen LogP contribution < -0.4 is 9.46 Å². The van der Waals surface area contributed by atoms with Crippen LogP contribution in [0.5, 0.6) is 5.75 Å². The van der Waals surface area contributed by atoms with E-state index >= 15 is 0 Å². The van der Waals surface area contributed by atoms with Gasteiger partial charge in [-0.1, -0.05) is 19.9 Å². The van der Waals surface area contributed by atoms with Crippen LogP contribution in [0.1, 0.15) is 64.5 Å². The molecule has 5 nitrogen and oxygen atoms in total. The fourth-order valence-electron chi connectivity index (χ4n) is 3.13. The zero-order valence-electron chi connectivity index (χ0n) is 16.5. The van der Waals surface area contributed by atoms with Crippen molar-refractivity contribution < 1.29 is 22.3 Å². The van der Waals surface area contributed by atoms with Gasteiger partial charge in [-0.25, -0.2) is 17.5 Å². The van der Waals surface area contributed by atoms with E-state index in [1.54, 1.807) is 19.1 Å². The van der Waals surface area contributed by atoms with Gasteiger partial charge in [0, 0.05) is 19.3 Å². The summed E-state index contributed by atoms with van der Waals surface area (Å²) >= 11 is 0. The largest absolute Gasteiger partial charge is 0.487 e. The smallest absolute Gasteiger partial charge is 0.212 e. The van der Waals surface area contributed by atoms with E-state index in [1.165, 1.54) is 6.07 Å². The Labute approximate surface area is 162 Å². The first kappa shape index (κ1) is 22.1. The second kappa shape index (κ2) is 10.4. The maximum atomic E-state index is 14.0. The Hall–Kier alpha value is -1.18. The summed E-state index contributed by atoms with van der Waals surface area (Å²) in [5.41, 5.74) is 0.684. The van der Waals surface area contributed by atoms with Gasteiger partial charge in [-0.2, -0.15) is 0 Å². The fraction of sp³-hybridized carbons (Fsp3) is 0.700. The number of sulfonamides is 1. The second-order valence-electron chi connectivity index (χ2n) is 7.69. The van der Waals surface area contributed by atoms with E-state index in [4.69, 9.17) is 9.47 Å². The van der Waals surface area contributed by atoms with E-state index in [0.29, 0.717) is 31.1 Å². The Kier molecular flexibility index (Phi) is 8.51. The lowest BCUT2D eigenvalue weighted by molar-refractivity contribution is 0.111. The quantitative estimate of drug-likeness (QED) is 0.565. The highest BCUT2D eigenvalue weighted by atomic mass is 32.2. The molecule has 0 amide bonds. The van der Waals surface area contributed by atoms with Crippen LogP contribution in [0.15, 0.2) is 18.2 Å². The van der Waals surface area contributed by atoms with Crippen LogP contribution in [0.2, 0.25) is 0 Å². The van der Waals surface area contributed by atoms with Crippen LogP contribution in [0.25, 0.3) is 0 Å². The van der Waals surface area contributed by atoms with Gasteiger partial charge in [0.15, 0.2) is 11.6 Å². The number of ether oxygens (including phenoxy) is 2. The zero-order valence-corrected chi connectivity index (χ0v) is 17.4. The fourth-order valence-corrected chi connectivity index (χ4v) is 4.42. The lowest BCUT2D eigenvalue weighted by Gasteiger charge is -2.18. The van der Waals surface area contributed by atoms with Crippen molar-refractivity contribution in [3.63, 3.8) is 0 Å². The molecule has 2 rings (SSSR count). The number of hydrogen-bond acceptors (Lipinski definition) is 4. The average Bonchev–Trinajstić information content (AvgIpc) is 3.08. The molecule has 1 aliphatic rings. The summed E-state index contributed by atoms with van der Waals surface area (Å²) in [4.78, 5) is 0. The van der Waals surface area contributed by atoms with Crippen molar-refractivity contribution in [2.75, 3.05) is 19.0 Å². The Bertz CT molecular complexity index is 687. The molecule has 0 spiro atoms. The van der Waals surface area contributed by atoms with E-state index in [-0.39, 0.29) is 17.6 Å². The maximum absolute atomic E-state index is 14.0. The lowest BCUT2D eigenvalue weighted by atomic mass is 10.1. The van der Waals surface area contributed by atoms with Crippen molar-refractivity contribution in [1.82, 2.24) is 4.72 Å². The van der Waals surface area contributed by atoms with Gasteiger partial charge in [-0.3, -0.25) is 0 Å². The standard InChI is InChI=1S/C20H32FNO4S/c1-15(2)14-25-11-6-12-27(23,24)22-16(3)17-9-10-19(21)20(13-17)26-18-7-4-5-8-18/h9-10,13,15-16,18,22H,4-8,11-12,14H2,1-3H3/t16-/m1/s1. The molecule has 1 aromatic rings. The third-order valence-electron chi connectivity index (χ3n) is 4.56. The van der Waals surface area contributed by atoms with Crippen LogP contribution in [0, 0.1) is 11.7 Å². The molecule has 0 unspecified atom stereocenters. The molecule has 1 saturated carbocycles. The van der Waals surface area contributed by atoms with Crippen molar-refractivity contribution in [2.45, 2.75) is 65.0 Å². The summed E-state index contributed by atoms with van der Waals surface area (Å²) in [6.45, 7) is 6.90. The number of hydrogen-bond donors (Lipinski definition) is 1. The van der Waals surface area contributed by atoms with Gasteiger partial charge in [0.05, 0.1) is 11.9 Å². The van der Waals surface area contributed by atoms with Crippen LogP contribution >= 0.6 is 0 Å². The molecule has 1 aliphatic carbocycles. The molecule has 1 atom stereocenters. The van der Waals surface area contributed by atoms with Crippen molar-refractivity contribution in [3.05, 3.63) is 29.6 Å². The third kappa shape index (κ3) is 7.76. The van der Waals surface area contributed by atoms with Crippen molar-refractivity contribution in [3.8, 4) is 5.75 Å². The van der Waals surface area contributed by atoms with Gasteiger partial charge in [0.25, 0.3) is 0 Å². The molecule has 1 aromatic carbocycles. The zero-order chi connectivity index (χ0) is 19.9. The molecule has 0 heterocycles. The van der Waals surface area contributed by atoms with E-state index in [0.717, 1.165) is 25.7 Å². The Morgan fingerprint density at radius 1 is 1.22 bits per heavy atom. The van der Waals surface area contributed by atoms with Crippen molar-refractivity contribution >= 4 is 10.0 Å². The second-order valence-corrected chi connectivity index (χ2v) is 9.57. The van der Waals surface area contributed by atoms with Crippen LogP contribution in [-0.2, 0) is 14.8 Å². The monoisotopic (exact) mass is 401 g/mol. The van der Waals surface area contributed by atoms with Crippen LogP contribution in [0.3, 0.4) is 0 Å². The molecule has 0 aromatic heterocycles. The highest BCUT2D eigenvalue weighted by Crippen LogP contribution is 2.28. The van der Waals surface area contributed by atoms with Crippen molar-refractivity contribution in [1.29, 1.82) is 0 Å². The number of rotatable bonds is 11. The molecule has 0 saturated heterocycles. The molecule has 0 radical (unpaired) electrons. The minimum Gasteiger partial charge on any atom is -0.487 e. The number of halogens is 1. The number of benzene rings is 1. The predicted molar refractivity (Wildman–Crippen MR) is 105 cm³/mol. The molecular weight excluding hydrogens is 369 g/mol. The Morgan fingerprint density at radius 3 is 2.59 bits per heavy atom. The first-order valence-corrected chi connectivity index (χ1v) is 11.5. The molecule has 0 aliphatic heterocycles. The normalized spacial score (nSPS) is 16.8. The number of nitrogens with one attached hydrogen (secondary N) is 1. The molecule has 154 valence electrons. The van der Waals surface area contributed by atoms with E-state index in [2.05, 4.69) is 4.72 Å². The Balaban J connectivity index is 1.89. The summed E-state index contributed by atoms with van der Waals surface area (Å²) in [6, 6.07) is 4.07. The van der Waals surface area contributed by atoms with Crippen LogP contribution in [-0.4, -0.2) is 33.5 Å². The van der Waals surface area contributed by atoms with Crippen molar-refractivity contribution in [2.24, 2.45) is 5.92 Å². The third-order valence-corrected chi connectivity index (χ3v) is 6.10. The summed E-state index contributed by atoms with van der Waals surface area (Å²) < 4.78 is 52.4. The van der Waals surface area contributed by atoms with Gasteiger partial charge in [0.2, 0.25) is 10.0 Å². The molecular formula is C20H32FNO4S. The molecule has 27 heavy (non-hydrogen) atoms. The first-order chi connectivity index (χ1) is 12.8. The van der Waals surface area contributed by atoms with E-state index in [1.807, 2.05) is 13.8 Å². The van der Waals surface area contributed by atoms with Gasteiger partial charge < -0.3 is 9.47 Å². The molecule has 0 bridgehead atoms. The highest BCUT2D eigenvalue weighted by Gasteiger charge is 2.20. The van der Waals surface area contributed by atoms with E-state index < -0.39 is 21.9 Å². The first-order valence-electron chi connectivity index (χ1n) is 9.80. The average molecular weight is 402 g/mol. The van der Waals surface area contributed by atoms with E-state index in [9.17, 15) is 12.8 Å².